The van der Waals surface area contributed by atoms with Gasteiger partial charge in [-0.25, -0.2) is 8.42 Å². The van der Waals surface area contributed by atoms with E-state index in [4.69, 9.17) is 21.1 Å². The number of nitrogens with one attached hydrogen (secondary N) is 1. The van der Waals surface area contributed by atoms with Crippen molar-refractivity contribution in [2.75, 3.05) is 20.3 Å². The van der Waals surface area contributed by atoms with Crippen molar-refractivity contribution < 1.29 is 17.9 Å². The maximum Gasteiger partial charge on any atom is 0.250 e. The van der Waals surface area contributed by atoms with Crippen LogP contribution in [0.5, 0.6) is 11.5 Å². The summed E-state index contributed by atoms with van der Waals surface area (Å²) >= 11 is 6.72. The van der Waals surface area contributed by atoms with Gasteiger partial charge in [0.05, 0.1) is 18.0 Å². The van der Waals surface area contributed by atoms with Crippen LogP contribution in [0.3, 0.4) is 0 Å². The Morgan fingerprint density at radius 1 is 1.17 bits per heavy atom. The number of sulfonamides is 1. The highest BCUT2D eigenvalue weighted by Gasteiger charge is 2.15. The van der Waals surface area contributed by atoms with Crippen molar-refractivity contribution >= 4 is 33.0 Å². The third kappa shape index (κ3) is 5.15. The largest absolute Gasteiger partial charge is 0.493 e. The van der Waals surface area contributed by atoms with Crippen LogP contribution in [-0.2, 0) is 10.0 Å². The third-order valence-electron chi connectivity index (χ3n) is 2.66. The average Bonchev–Trinajstić information content (AvgIpc) is 2.98. The lowest BCUT2D eigenvalue weighted by Gasteiger charge is -2.07. The molecule has 0 aliphatic carbocycles. The van der Waals surface area contributed by atoms with Crippen LogP contribution in [0.25, 0.3) is 0 Å². The van der Waals surface area contributed by atoms with Crippen LogP contribution in [0, 0.1) is 11.8 Å². The molecule has 2 rings (SSSR count). The van der Waals surface area contributed by atoms with Crippen LogP contribution >= 0.6 is 22.9 Å². The Morgan fingerprint density at radius 2 is 1.91 bits per heavy atom. The molecule has 2 aromatic rings. The van der Waals surface area contributed by atoms with E-state index in [9.17, 15) is 8.42 Å². The summed E-state index contributed by atoms with van der Waals surface area (Å²) in [7, 11) is -2.01. The molecule has 23 heavy (non-hydrogen) atoms. The summed E-state index contributed by atoms with van der Waals surface area (Å²) in [5, 5.41) is 0. The zero-order valence-electron chi connectivity index (χ0n) is 12.2. The molecule has 0 amide bonds. The topological polar surface area (TPSA) is 64.6 Å². The van der Waals surface area contributed by atoms with Gasteiger partial charge in [0.25, 0.3) is 10.0 Å². The second-order valence-electron chi connectivity index (χ2n) is 4.18. The molecule has 0 radical (unpaired) electrons. The summed E-state index contributed by atoms with van der Waals surface area (Å²) in [5.41, 5.74) is 0. The van der Waals surface area contributed by atoms with Crippen LogP contribution in [0.4, 0.5) is 0 Å². The Bertz CT molecular complexity index is 821. The van der Waals surface area contributed by atoms with Crippen molar-refractivity contribution in [1.29, 1.82) is 0 Å². The Hall–Kier alpha value is -1.72. The molecule has 122 valence electrons. The van der Waals surface area contributed by atoms with Gasteiger partial charge in [-0.15, -0.1) is 11.3 Å². The average molecular weight is 372 g/mol. The van der Waals surface area contributed by atoms with E-state index in [0.29, 0.717) is 15.8 Å². The molecule has 0 spiro atoms. The monoisotopic (exact) mass is 371 g/mol. The summed E-state index contributed by atoms with van der Waals surface area (Å²) < 4.78 is 37.4. The highest BCUT2D eigenvalue weighted by molar-refractivity contribution is 7.91. The minimum atomic E-state index is -3.57. The second-order valence-corrected chi connectivity index (χ2v) is 7.89. The summed E-state index contributed by atoms with van der Waals surface area (Å²) in [6.07, 6.45) is 0. The van der Waals surface area contributed by atoms with Gasteiger partial charge in [-0.3, -0.25) is 0 Å². The quantitative estimate of drug-likeness (QED) is 0.793. The lowest BCUT2D eigenvalue weighted by molar-refractivity contribution is 0.331. The van der Waals surface area contributed by atoms with Gasteiger partial charge in [-0.2, -0.15) is 4.72 Å². The van der Waals surface area contributed by atoms with E-state index in [2.05, 4.69) is 16.6 Å². The Kier molecular flexibility index (Phi) is 6.30. The molecule has 1 heterocycles. The van der Waals surface area contributed by atoms with Gasteiger partial charge in [-0.05, 0) is 24.3 Å². The molecular formula is C15H14ClNO4S2. The number of para-hydroxylation sites is 2. The Labute approximate surface area is 144 Å². The van der Waals surface area contributed by atoms with Gasteiger partial charge in [-0.1, -0.05) is 35.6 Å². The number of halogens is 1. The molecule has 0 aliphatic heterocycles. The molecule has 0 bridgehead atoms. The SMILES string of the molecule is COc1ccccc1OCC#CCNS(=O)(=O)c1ccc(Cl)s1. The summed E-state index contributed by atoms with van der Waals surface area (Å²) in [6.45, 7) is 0.125. The van der Waals surface area contributed by atoms with Gasteiger partial charge < -0.3 is 9.47 Å². The molecule has 5 nitrogen and oxygen atoms in total. The first-order chi connectivity index (χ1) is 11.0. The Balaban J connectivity index is 1.82. The van der Waals surface area contributed by atoms with E-state index < -0.39 is 10.0 Å². The summed E-state index contributed by atoms with van der Waals surface area (Å²) in [4.78, 5) is 0. The molecule has 0 saturated heterocycles. The summed E-state index contributed by atoms with van der Waals surface area (Å²) in [5.74, 6) is 6.63. The second kappa shape index (κ2) is 8.22. The minimum absolute atomic E-state index is 0.00681. The first kappa shape index (κ1) is 17.6. The molecule has 0 unspecified atom stereocenters. The van der Waals surface area contributed by atoms with E-state index in [1.807, 2.05) is 12.1 Å². The number of hydrogen-bond acceptors (Lipinski definition) is 5. The minimum Gasteiger partial charge on any atom is -0.493 e. The smallest absolute Gasteiger partial charge is 0.250 e. The van der Waals surface area contributed by atoms with Crippen LogP contribution in [0.2, 0.25) is 4.34 Å². The number of benzene rings is 1. The number of hydrogen-bond donors (Lipinski definition) is 1. The van der Waals surface area contributed by atoms with Crippen molar-refractivity contribution in [3.63, 3.8) is 0 Å². The molecule has 8 heteroatoms. The van der Waals surface area contributed by atoms with Crippen LogP contribution in [0.15, 0.2) is 40.6 Å². The first-order valence-electron chi connectivity index (χ1n) is 6.49. The molecule has 0 fully saturated rings. The number of thiophene rings is 1. The zero-order valence-corrected chi connectivity index (χ0v) is 14.6. The van der Waals surface area contributed by atoms with Crippen LogP contribution < -0.4 is 14.2 Å². The fraction of sp³-hybridized carbons (Fsp3) is 0.200. The predicted octanol–water partition coefficient (Wildman–Crippen LogP) is 2.77. The molecule has 1 N–H and O–H groups in total. The lowest BCUT2D eigenvalue weighted by atomic mass is 10.3. The predicted molar refractivity (Wildman–Crippen MR) is 90.8 cm³/mol. The maximum absolute atomic E-state index is 11.9. The molecule has 0 atom stereocenters. The van der Waals surface area contributed by atoms with Crippen molar-refractivity contribution in [1.82, 2.24) is 4.72 Å². The normalized spacial score (nSPS) is 10.7. The van der Waals surface area contributed by atoms with Crippen LogP contribution in [-0.4, -0.2) is 28.7 Å². The number of ether oxygens (including phenoxy) is 2. The van der Waals surface area contributed by atoms with E-state index in [0.717, 1.165) is 11.3 Å². The molecule has 0 saturated carbocycles. The lowest BCUT2D eigenvalue weighted by Crippen LogP contribution is -2.23. The van der Waals surface area contributed by atoms with E-state index >= 15 is 0 Å². The maximum atomic E-state index is 11.9. The van der Waals surface area contributed by atoms with Crippen molar-refractivity contribution in [3.05, 3.63) is 40.7 Å². The molecule has 1 aromatic heterocycles. The van der Waals surface area contributed by atoms with Gasteiger partial charge in [0.2, 0.25) is 0 Å². The first-order valence-corrected chi connectivity index (χ1v) is 9.17. The van der Waals surface area contributed by atoms with Crippen molar-refractivity contribution in [3.8, 4) is 23.3 Å². The summed E-state index contributed by atoms with van der Waals surface area (Å²) in [6, 6.07) is 10.2. The van der Waals surface area contributed by atoms with E-state index in [1.165, 1.54) is 12.1 Å². The highest BCUT2D eigenvalue weighted by Crippen LogP contribution is 2.26. The van der Waals surface area contributed by atoms with Gasteiger partial charge in [0.1, 0.15) is 10.8 Å². The standard InChI is InChI=1S/C15H14ClNO4S2/c1-20-12-6-2-3-7-13(12)21-11-5-4-10-17-23(18,19)15-9-8-14(16)22-15/h2-3,6-9,17H,10-11H2,1H3. The third-order valence-corrected chi connectivity index (χ3v) is 5.78. The van der Waals surface area contributed by atoms with Gasteiger partial charge in [0, 0.05) is 0 Å². The number of methoxy groups -OCH3 is 1. The van der Waals surface area contributed by atoms with E-state index in [1.54, 1.807) is 19.2 Å². The zero-order chi connectivity index (χ0) is 16.7. The number of rotatable bonds is 6. The fourth-order valence-electron chi connectivity index (χ4n) is 1.61. The van der Waals surface area contributed by atoms with E-state index in [-0.39, 0.29) is 17.4 Å². The van der Waals surface area contributed by atoms with Crippen molar-refractivity contribution in [2.24, 2.45) is 0 Å². The fourth-order valence-corrected chi connectivity index (χ4v) is 4.06. The van der Waals surface area contributed by atoms with Gasteiger partial charge in [0.15, 0.2) is 11.5 Å². The molecule has 0 aliphatic rings. The highest BCUT2D eigenvalue weighted by atomic mass is 35.5. The Morgan fingerprint density at radius 3 is 2.57 bits per heavy atom. The van der Waals surface area contributed by atoms with Gasteiger partial charge >= 0.3 is 0 Å². The molecular weight excluding hydrogens is 358 g/mol. The van der Waals surface area contributed by atoms with Crippen molar-refractivity contribution in [2.45, 2.75) is 4.21 Å². The molecule has 1 aromatic carbocycles. The van der Waals surface area contributed by atoms with Crippen LogP contribution in [0.1, 0.15) is 0 Å².